The van der Waals surface area contributed by atoms with Gasteiger partial charge in [-0.3, -0.25) is 4.79 Å². The quantitative estimate of drug-likeness (QED) is 0.746. The molecule has 0 fully saturated rings. The Bertz CT molecular complexity index is 512. The Morgan fingerprint density at radius 3 is 2.50 bits per heavy atom. The molecule has 0 aliphatic rings. The smallest absolute Gasteiger partial charge is 0.336 e. The number of carboxylic acids is 1. The molecule has 1 amide bonds. The molecule has 1 unspecified atom stereocenters. The maximum Gasteiger partial charge on any atom is 0.336 e. The molecule has 0 saturated carbocycles. The van der Waals surface area contributed by atoms with Crippen LogP contribution in [-0.2, 0) is 4.79 Å². The van der Waals surface area contributed by atoms with Crippen LogP contribution in [-0.4, -0.2) is 29.6 Å². The van der Waals surface area contributed by atoms with E-state index in [-0.39, 0.29) is 17.5 Å². The van der Waals surface area contributed by atoms with Crippen LogP contribution in [0.15, 0.2) is 12.1 Å². The molecular formula is C15H22N2O3. The first-order valence-electron chi connectivity index (χ1n) is 6.73. The second kappa shape index (κ2) is 7.05. The largest absolute Gasteiger partial charge is 0.478 e. The van der Waals surface area contributed by atoms with Crippen molar-refractivity contribution in [3.05, 3.63) is 28.8 Å². The second-order valence-electron chi connectivity index (χ2n) is 4.98. The highest BCUT2D eigenvalue weighted by molar-refractivity contribution is 5.95. The van der Waals surface area contributed by atoms with Gasteiger partial charge in [0.05, 0.1) is 5.56 Å². The first kappa shape index (κ1) is 16.2. The fourth-order valence-electron chi connectivity index (χ4n) is 2.06. The number of carbonyl (C=O) groups excluding carboxylic acids is 1. The molecule has 0 aromatic heterocycles. The number of rotatable bonds is 6. The lowest BCUT2D eigenvalue weighted by atomic mass is 10.0. The van der Waals surface area contributed by atoms with Gasteiger partial charge in [-0.2, -0.15) is 0 Å². The molecule has 0 saturated heterocycles. The summed E-state index contributed by atoms with van der Waals surface area (Å²) >= 11 is 0. The van der Waals surface area contributed by atoms with Crippen LogP contribution in [0.4, 0.5) is 5.69 Å². The first-order valence-corrected chi connectivity index (χ1v) is 6.73. The minimum atomic E-state index is -0.984. The number of anilines is 1. The van der Waals surface area contributed by atoms with E-state index in [0.717, 1.165) is 17.7 Å². The predicted molar refractivity (Wildman–Crippen MR) is 79.3 cm³/mol. The number of aryl methyl sites for hydroxylation is 1. The Morgan fingerprint density at radius 1 is 1.30 bits per heavy atom. The summed E-state index contributed by atoms with van der Waals surface area (Å²) in [6.45, 7) is 8.32. The fraction of sp³-hybridized carbons (Fsp3) is 0.467. The third-order valence-corrected chi connectivity index (χ3v) is 3.23. The minimum Gasteiger partial charge on any atom is -0.478 e. The van der Waals surface area contributed by atoms with E-state index in [1.165, 1.54) is 6.07 Å². The van der Waals surface area contributed by atoms with Gasteiger partial charge in [0, 0.05) is 18.2 Å². The molecule has 0 heterocycles. The molecule has 1 rings (SSSR count). The molecule has 110 valence electrons. The summed E-state index contributed by atoms with van der Waals surface area (Å²) in [5.41, 5.74) is 2.32. The SMILES string of the molecule is CCNC(C)CC(=O)Nc1cc(C)c(C)c(C(=O)O)c1. The van der Waals surface area contributed by atoms with E-state index in [1.54, 1.807) is 13.0 Å². The molecule has 0 bridgehead atoms. The van der Waals surface area contributed by atoms with Gasteiger partial charge in [-0.25, -0.2) is 4.79 Å². The van der Waals surface area contributed by atoms with Gasteiger partial charge in [-0.1, -0.05) is 6.92 Å². The van der Waals surface area contributed by atoms with Crippen molar-refractivity contribution in [3.63, 3.8) is 0 Å². The highest BCUT2D eigenvalue weighted by atomic mass is 16.4. The molecule has 0 aliphatic heterocycles. The summed E-state index contributed by atoms with van der Waals surface area (Å²) in [6.07, 6.45) is 0.350. The van der Waals surface area contributed by atoms with Crippen LogP contribution in [0.3, 0.4) is 0 Å². The summed E-state index contributed by atoms with van der Waals surface area (Å²) in [4.78, 5) is 23.0. The summed E-state index contributed by atoms with van der Waals surface area (Å²) < 4.78 is 0. The number of amides is 1. The van der Waals surface area contributed by atoms with E-state index >= 15 is 0 Å². The number of carboxylic acid groups (broad SMARTS) is 1. The number of carbonyl (C=O) groups is 2. The van der Waals surface area contributed by atoms with Gasteiger partial charge in [-0.15, -0.1) is 0 Å². The Morgan fingerprint density at radius 2 is 1.95 bits per heavy atom. The molecule has 0 aliphatic carbocycles. The van der Waals surface area contributed by atoms with Gasteiger partial charge < -0.3 is 15.7 Å². The van der Waals surface area contributed by atoms with Gasteiger partial charge in [0.1, 0.15) is 0 Å². The zero-order chi connectivity index (χ0) is 15.3. The number of hydrogen-bond acceptors (Lipinski definition) is 3. The van der Waals surface area contributed by atoms with Crippen LogP contribution in [0.5, 0.6) is 0 Å². The van der Waals surface area contributed by atoms with Crippen molar-refractivity contribution in [2.75, 3.05) is 11.9 Å². The van der Waals surface area contributed by atoms with Gasteiger partial charge in [0.2, 0.25) is 5.91 Å². The van der Waals surface area contributed by atoms with E-state index in [4.69, 9.17) is 5.11 Å². The van der Waals surface area contributed by atoms with E-state index in [0.29, 0.717) is 12.1 Å². The minimum absolute atomic E-state index is 0.0884. The third kappa shape index (κ3) is 4.35. The van der Waals surface area contributed by atoms with Crippen LogP contribution >= 0.6 is 0 Å². The van der Waals surface area contributed by atoms with Gasteiger partial charge in [0.25, 0.3) is 0 Å². The average molecular weight is 278 g/mol. The summed E-state index contributed by atoms with van der Waals surface area (Å²) in [6, 6.07) is 3.38. The molecule has 1 aromatic carbocycles. The first-order chi connectivity index (χ1) is 9.35. The molecule has 0 radical (unpaired) electrons. The lowest BCUT2D eigenvalue weighted by Gasteiger charge is -2.14. The highest BCUT2D eigenvalue weighted by Gasteiger charge is 2.13. The van der Waals surface area contributed by atoms with Crippen LogP contribution in [0.25, 0.3) is 0 Å². The summed E-state index contributed by atoms with van der Waals surface area (Å²) in [5.74, 6) is -1.11. The Kier molecular flexibility index (Phi) is 5.70. The predicted octanol–water partition coefficient (Wildman–Crippen LogP) is 2.33. The summed E-state index contributed by atoms with van der Waals surface area (Å²) in [7, 11) is 0. The maximum absolute atomic E-state index is 11.9. The van der Waals surface area contributed by atoms with Crippen molar-refractivity contribution in [2.24, 2.45) is 0 Å². The maximum atomic E-state index is 11.9. The van der Waals surface area contributed by atoms with Crippen LogP contribution in [0.2, 0.25) is 0 Å². The zero-order valence-electron chi connectivity index (χ0n) is 12.4. The normalized spacial score (nSPS) is 12.0. The van der Waals surface area contributed by atoms with E-state index in [1.807, 2.05) is 20.8 Å². The molecule has 0 spiro atoms. The van der Waals surface area contributed by atoms with E-state index in [9.17, 15) is 9.59 Å². The molecule has 5 nitrogen and oxygen atoms in total. The van der Waals surface area contributed by atoms with Crippen LogP contribution in [0.1, 0.15) is 41.8 Å². The topological polar surface area (TPSA) is 78.4 Å². The monoisotopic (exact) mass is 278 g/mol. The van der Waals surface area contributed by atoms with Crippen molar-refractivity contribution >= 4 is 17.6 Å². The van der Waals surface area contributed by atoms with Crippen molar-refractivity contribution in [2.45, 2.75) is 40.2 Å². The number of aromatic carboxylic acids is 1. The Balaban J connectivity index is 2.83. The second-order valence-corrected chi connectivity index (χ2v) is 4.98. The molecule has 5 heteroatoms. The standard InChI is InChI=1S/C15H22N2O3/c1-5-16-10(3)7-14(18)17-12-6-9(2)11(4)13(8-12)15(19)20/h6,8,10,16H,5,7H2,1-4H3,(H,17,18)(H,19,20). The van der Waals surface area contributed by atoms with Crippen molar-refractivity contribution in [1.82, 2.24) is 5.32 Å². The number of nitrogens with one attached hydrogen (secondary N) is 2. The molecule has 3 N–H and O–H groups in total. The molecule has 20 heavy (non-hydrogen) atoms. The van der Waals surface area contributed by atoms with Gasteiger partial charge in [-0.05, 0) is 50.6 Å². The van der Waals surface area contributed by atoms with Gasteiger partial charge in [0.15, 0.2) is 0 Å². The van der Waals surface area contributed by atoms with Crippen LogP contribution in [0, 0.1) is 13.8 Å². The average Bonchev–Trinajstić information content (AvgIpc) is 2.33. The third-order valence-electron chi connectivity index (χ3n) is 3.23. The van der Waals surface area contributed by atoms with Crippen molar-refractivity contribution in [3.8, 4) is 0 Å². The summed E-state index contributed by atoms with van der Waals surface area (Å²) in [5, 5.41) is 15.1. The Hall–Kier alpha value is -1.88. The van der Waals surface area contributed by atoms with Gasteiger partial charge >= 0.3 is 5.97 Å². The lowest BCUT2D eigenvalue weighted by molar-refractivity contribution is -0.116. The van der Waals surface area contributed by atoms with Crippen LogP contribution < -0.4 is 10.6 Å². The fourth-order valence-corrected chi connectivity index (χ4v) is 2.06. The number of benzene rings is 1. The van der Waals surface area contributed by atoms with E-state index in [2.05, 4.69) is 10.6 Å². The van der Waals surface area contributed by atoms with Crippen molar-refractivity contribution < 1.29 is 14.7 Å². The number of hydrogen-bond donors (Lipinski definition) is 3. The highest BCUT2D eigenvalue weighted by Crippen LogP contribution is 2.20. The molecular weight excluding hydrogens is 256 g/mol. The van der Waals surface area contributed by atoms with E-state index < -0.39 is 5.97 Å². The molecule has 1 aromatic rings. The Labute approximate surface area is 119 Å². The lowest BCUT2D eigenvalue weighted by Crippen LogP contribution is -2.30. The zero-order valence-corrected chi connectivity index (χ0v) is 12.4. The van der Waals surface area contributed by atoms with Crippen molar-refractivity contribution in [1.29, 1.82) is 0 Å². The molecule has 1 atom stereocenters.